The first-order chi connectivity index (χ1) is 11.5. The van der Waals surface area contributed by atoms with Crippen LogP contribution in [0.15, 0.2) is 23.2 Å². The number of carbonyl (C=O) groups is 1. The second-order valence-electron chi connectivity index (χ2n) is 6.12. The van der Waals surface area contributed by atoms with E-state index in [1.54, 1.807) is 0 Å². The van der Waals surface area contributed by atoms with Crippen molar-refractivity contribution in [3.8, 4) is 0 Å². The fourth-order valence-electron chi connectivity index (χ4n) is 2.72. The molecule has 8 heteroatoms. The Morgan fingerprint density at radius 1 is 1.20 bits per heavy atom. The van der Waals surface area contributed by atoms with Gasteiger partial charge in [0.2, 0.25) is 11.9 Å². The molecular formula is C17H27ClN6O. The van der Waals surface area contributed by atoms with Crippen molar-refractivity contribution in [2.24, 2.45) is 10.7 Å². The van der Waals surface area contributed by atoms with Gasteiger partial charge in [0, 0.05) is 18.8 Å². The Labute approximate surface area is 155 Å². The highest BCUT2D eigenvalue weighted by Gasteiger charge is 2.13. The summed E-state index contributed by atoms with van der Waals surface area (Å²) in [6, 6.07) is 5.29. The van der Waals surface area contributed by atoms with Gasteiger partial charge < -0.3 is 16.0 Å². The third-order valence-electron chi connectivity index (χ3n) is 4.00. The molecule has 0 atom stereocenters. The Hall–Kier alpha value is -2.28. The van der Waals surface area contributed by atoms with E-state index in [9.17, 15) is 4.79 Å². The van der Waals surface area contributed by atoms with Gasteiger partial charge in [-0.25, -0.2) is 4.79 Å². The monoisotopic (exact) mass is 366 g/mol. The van der Waals surface area contributed by atoms with Crippen molar-refractivity contribution in [3.05, 3.63) is 29.3 Å². The van der Waals surface area contributed by atoms with Gasteiger partial charge in [0.15, 0.2) is 0 Å². The molecule has 0 aromatic heterocycles. The van der Waals surface area contributed by atoms with Crippen LogP contribution in [0.25, 0.3) is 0 Å². The molecule has 0 saturated carbocycles. The van der Waals surface area contributed by atoms with Crippen molar-refractivity contribution in [3.63, 3.8) is 0 Å². The zero-order valence-electron chi connectivity index (χ0n) is 14.8. The van der Waals surface area contributed by atoms with Crippen LogP contribution < -0.4 is 16.4 Å². The minimum Gasteiger partial charge on any atom is -0.369 e. The standard InChI is InChI=1S/C17H26N6O.ClH/c1-12-7-8-14(13(2)11-12)20-17(24)22-15(18)21-16(19)23-9-5-3-4-6-10-23;/h7-8,11H,3-6,9-10H2,1-2H3,(H5,18,19,20,21,22,24);1H. The van der Waals surface area contributed by atoms with Crippen molar-refractivity contribution in [2.75, 3.05) is 18.4 Å². The number of carbonyl (C=O) groups excluding carboxylic acids is 1. The number of halogens is 1. The summed E-state index contributed by atoms with van der Waals surface area (Å²) in [5.41, 5.74) is 8.56. The normalized spacial score (nSPS) is 15.0. The smallest absolute Gasteiger partial charge is 0.326 e. The molecule has 0 spiro atoms. The van der Waals surface area contributed by atoms with Gasteiger partial charge in [-0.15, -0.1) is 12.4 Å². The maximum absolute atomic E-state index is 12.0. The van der Waals surface area contributed by atoms with E-state index in [2.05, 4.69) is 15.6 Å². The van der Waals surface area contributed by atoms with Crippen LogP contribution in [0.1, 0.15) is 36.8 Å². The number of rotatable bonds is 1. The van der Waals surface area contributed by atoms with Crippen LogP contribution in [-0.2, 0) is 0 Å². The molecule has 0 bridgehead atoms. The Morgan fingerprint density at radius 2 is 1.84 bits per heavy atom. The lowest BCUT2D eigenvalue weighted by Gasteiger charge is -2.20. The van der Waals surface area contributed by atoms with Gasteiger partial charge in [-0.2, -0.15) is 4.99 Å². The number of urea groups is 1. The first-order valence-electron chi connectivity index (χ1n) is 8.28. The molecule has 1 fully saturated rings. The highest BCUT2D eigenvalue weighted by atomic mass is 35.5. The van der Waals surface area contributed by atoms with Crippen molar-refractivity contribution in [1.82, 2.24) is 10.2 Å². The van der Waals surface area contributed by atoms with Crippen LogP contribution in [0.4, 0.5) is 10.5 Å². The van der Waals surface area contributed by atoms with Crippen molar-refractivity contribution >= 4 is 36.0 Å². The molecule has 1 aliphatic rings. The van der Waals surface area contributed by atoms with Gasteiger partial charge in [0.05, 0.1) is 0 Å². The lowest BCUT2D eigenvalue weighted by atomic mass is 10.1. The third-order valence-corrected chi connectivity index (χ3v) is 4.00. The molecule has 25 heavy (non-hydrogen) atoms. The maximum atomic E-state index is 12.0. The number of amides is 2. The van der Waals surface area contributed by atoms with E-state index in [1.165, 1.54) is 12.8 Å². The number of aliphatic imine (C=N–C) groups is 1. The van der Waals surface area contributed by atoms with Crippen LogP contribution >= 0.6 is 12.4 Å². The van der Waals surface area contributed by atoms with Crippen LogP contribution in [0.5, 0.6) is 0 Å². The molecule has 5 N–H and O–H groups in total. The molecule has 1 aromatic carbocycles. The lowest BCUT2D eigenvalue weighted by Crippen LogP contribution is -2.41. The first-order valence-corrected chi connectivity index (χ1v) is 8.28. The van der Waals surface area contributed by atoms with Gasteiger partial charge in [0.1, 0.15) is 0 Å². The number of nitrogens with one attached hydrogen (secondary N) is 3. The molecule has 1 aliphatic heterocycles. The molecule has 0 radical (unpaired) electrons. The highest BCUT2D eigenvalue weighted by molar-refractivity contribution is 6.05. The van der Waals surface area contributed by atoms with E-state index in [4.69, 9.17) is 11.1 Å². The second kappa shape index (κ2) is 9.88. The molecular weight excluding hydrogens is 340 g/mol. The van der Waals surface area contributed by atoms with Gasteiger partial charge in [-0.3, -0.25) is 10.7 Å². The van der Waals surface area contributed by atoms with Crippen molar-refractivity contribution in [1.29, 1.82) is 5.41 Å². The summed E-state index contributed by atoms with van der Waals surface area (Å²) in [6.07, 6.45) is 4.47. The Bertz CT molecular complexity index is 638. The number of anilines is 1. The Balaban J connectivity index is 0.00000312. The quantitative estimate of drug-likeness (QED) is 0.453. The topological polar surface area (TPSA) is 107 Å². The summed E-state index contributed by atoms with van der Waals surface area (Å²) in [5, 5.41) is 13.2. The number of likely N-dealkylation sites (tertiary alicyclic amines) is 1. The Kier molecular flexibility index (Phi) is 8.21. The molecule has 2 amide bonds. The lowest BCUT2D eigenvalue weighted by molar-refractivity contribution is 0.256. The minimum atomic E-state index is -0.466. The van der Waals surface area contributed by atoms with Crippen molar-refractivity contribution < 1.29 is 4.79 Å². The summed E-state index contributed by atoms with van der Waals surface area (Å²) in [5.74, 6) is 0.0210. The van der Waals surface area contributed by atoms with Crippen molar-refractivity contribution in [2.45, 2.75) is 39.5 Å². The van der Waals surface area contributed by atoms with E-state index in [1.807, 2.05) is 36.9 Å². The van der Waals surface area contributed by atoms with E-state index < -0.39 is 6.03 Å². The number of nitrogens with zero attached hydrogens (tertiary/aromatic N) is 2. The van der Waals surface area contributed by atoms with E-state index in [0.29, 0.717) is 5.69 Å². The number of guanidine groups is 2. The summed E-state index contributed by atoms with van der Waals surface area (Å²) < 4.78 is 0. The molecule has 138 valence electrons. The molecule has 2 rings (SSSR count). The van der Waals surface area contributed by atoms with Crippen LogP contribution in [-0.4, -0.2) is 35.9 Å². The number of hydrogen-bond donors (Lipinski definition) is 4. The minimum absolute atomic E-state index is 0. The predicted octanol–water partition coefficient (Wildman–Crippen LogP) is 2.97. The summed E-state index contributed by atoms with van der Waals surface area (Å²) in [6.45, 7) is 5.54. The molecule has 0 unspecified atom stereocenters. The van der Waals surface area contributed by atoms with E-state index in [0.717, 1.165) is 37.1 Å². The third kappa shape index (κ3) is 6.62. The van der Waals surface area contributed by atoms with Gasteiger partial charge in [-0.1, -0.05) is 30.5 Å². The number of benzene rings is 1. The van der Waals surface area contributed by atoms with Gasteiger partial charge in [-0.05, 0) is 38.3 Å². The summed E-state index contributed by atoms with van der Waals surface area (Å²) in [4.78, 5) is 17.9. The molecule has 1 aromatic rings. The fourth-order valence-corrected chi connectivity index (χ4v) is 2.72. The first kappa shape index (κ1) is 20.8. The Morgan fingerprint density at radius 3 is 2.44 bits per heavy atom. The largest absolute Gasteiger partial charge is 0.369 e. The van der Waals surface area contributed by atoms with E-state index >= 15 is 0 Å². The number of hydrogen-bond acceptors (Lipinski definition) is 2. The number of aryl methyl sites for hydroxylation is 2. The molecule has 1 heterocycles. The van der Waals surface area contributed by atoms with Gasteiger partial charge >= 0.3 is 6.03 Å². The fraction of sp³-hybridized carbons (Fsp3) is 0.471. The molecule has 0 aliphatic carbocycles. The van der Waals surface area contributed by atoms with E-state index in [-0.39, 0.29) is 24.3 Å². The second-order valence-corrected chi connectivity index (χ2v) is 6.12. The van der Waals surface area contributed by atoms with Gasteiger partial charge in [0.25, 0.3) is 0 Å². The average molecular weight is 367 g/mol. The number of nitrogens with two attached hydrogens (primary N) is 1. The highest BCUT2D eigenvalue weighted by Crippen LogP contribution is 2.15. The van der Waals surface area contributed by atoms with Crippen LogP contribution in [0.2, 0.25) is 0 Å². The predicted molar refractivity (Wildman–Crippen MR) is 105 cm³/mol. The molecule has 1 saturated heterocycles. The average Bonchev–Trinajstić information content (AvgIpc) is 2.79. The SMILES string of the molecule is Cc1ccc(NC(=O)N/C(N)=N/C(=N)N2CCCCCC2)c(C)c1.Cl. The summed E-state index contributed by atoms with van der Waals surface area (Å²) in [7, 11) is 0. The zero-order chi connectivity index (χ0) is 17.5. The summed E-state index contributed by atoms with van der Waals surface area (Å²) >= 11 is 0. The van der Waals surface area contributed by atoms with Crippen LogP contribution in [0, 0.1) is 19.3 Å². The molecule has 7 nitrogen and oxygen atoms in total. The zero-order valence-corrected chi connectivity index (χ0v) is 15.6. The maximum Gasteiger partial charge on any atom is 0.326 e. The van der Waals surface area contributed by atoms with Crippen LogP contribution in [0.3, 0.4) is 0 Å².